The number of rotatable bonds is 3. The number of nitrogens with one attached hydrogen (secondary N) is 1. The summed E-state index contributed by atoms with van der Waals surface area (Å²) in [6.45, 7) is 0. The van der Waals surface area contributed by atoms with Crippen LogP contribution in [0.5, 0.6) is 0 Å². The lowest BCUT2D eigenvalue weighted by Crippen LogP contribution is -2.28. The van der Waals surface area contributed by atoms with E-state index in [-0.39, 0.29) is 12.1 Å². The molecule has 0 radical (unpaired) electrons. The summed E-state index contributed by atoms with van der Waals surface area (Å²) >= 11 is 7.16. The molecule has 1 N–H and O–H groups in total. The lowest BCUT2D eigenvalue weighted by Gasteiger charge is -2.10. The molecule has 0 fully saturated rings. The van der Waals surface area contributed by atoms with Crippen LogP contribution in [-0.2, 0) is 9.63 Å². The quantitative estimate of drug-likeness (QED) is 0.922. The van der Waals surface area contributed by atoms with Crippen molar-refractivity contribution in [3.05, 3.63) is 51.2 Å². The summed E-state index contributed by atoms with van der Waals surface area (Å²) < 4.78 is 27.2. The molecule has 1 aliphatic heterocycles. The number of anilines is 1. The first-order valence-corrected chi connectivity index (χ1v) is 7.46. The lowest BCUT2D eigenvalue weighted by molar-refractivity contribution is -0.125. The van der Waals surface area contributed by atoms with Gasteiger partial charge in [-0.3, -0.25) is 4.79 Å². The number of nitrogens with zero attached hydrogens (tertiary/aromatic N) is 1. The topological polar surface area (TPSA) is 50.7 Å². The van der Waals surface area contributed by atoms with E-state index in [1.807, 2.05) is 0 Å². The fraction of sp³-hybridized carbons (Fsp3) is 0.143. The molecule has 1 aliphatic rings. The van der Waals surface area contributed by atoms with Gasteiger partial charge in [0, 0.05) is 12.5 Å². The Labute approximate surface area is 133 Å². The van der Waals surface area contributed by atoms with Crippen LogP contribution in [0, 0.1) is 11.6 Å². The predicted molar refractivity (Wildman–Crippen MR) is 80.3 cm³/mol. The summed E-state index contributed by atoms with van der Waals surface area (Å²) in [4.78, 5) is 17.9. The molecule has 0 saturated carbocycles. The summed E-state index contributed by atoms with van der Waals surface area (Å²) in [5, 5.41) is 6.14. The largest absolute Gasteiger partial charge is 0.382 e. The Hall–Kier alpha value is -1.99. The van der Waals surface area contributed by atoms with Gasteiger partial charge in [0.1, 0.15) is 17.3 Å². The van der Waals surface area contributed by atoms with Gasteiger partial charge in [0.25, 0.3) is 5.91 Å². The van der Waals surface area contributed by atoms with Gasteiger partial charge in [-0.05, 0) is 24.3 Å². The Morgan fingerprint density at radius 2 is 2.18 bits per heavy atom. The fourth-order valence-corrected chi connectivity index (χ4v) is 2.97. The first kappa shape index (κ1) is 14.9. The number of carbonyl (C=O) groups excluding carboxylic acids is 1. The van der Waals surface area contributed by atoms with Gasteiger partial charge in [-0.1, -0.05) is 16.8 Å². The van der Waals surface area contributed by atoms with Crippen LogP contribution in [0.1, 0.15) is 11.3 Å². The highest BCUT2D eigenvalue weighted by molar-refractivity contribution is 7.18. The first-order valence-electron chi connectivity index (χ1n) is 6.27. The van der Waals surface area contributed by atoms with E-state index in [2.05, 4.69) is 10.5 Å². The third-order valence-corrected chi connectivity index (χ3v) is 4.29. The van der Waals surface area contributed by atoms with Crippen molar-refractivity contribution in [1.29, 1.82) is 0 Å². The van der Waals surface area contributed by atoms with Crippen LogP contribution in [0.4, 0.5) is 14.5 Å². The first-order chi connectivity index (χ1) is 10.5. The monoisotopic (exact) mass is 342 g/mol. The van der Waals surface area contributed by atoms with Crippen molar-refractivity contribution in [3.8, 4) is 0 Å². The second kappa shape index (κ2) is 6.02. The average molecular weight is 343 g/mol. The Kier molecular flexibility index (Phi) is 4.08. The smallest absolute Gasteiger partial charge is 0.268 e. The molecule has 114 valence electrons. The van der Waals surface area contributed by atoms with Crippen LogP contribution in [0.25, 0.3) is 0 Å². The molecule has 1 unspecified atom stereocenters. The van der Waals surface area contributed by atoms with Crippen LogP contribution in [-0.4, -0.2) is 17.7 Å². The van der Waals surface area contributed by atoms with E-state index in [0.29, 0.717) is 10.0 Å². The molecule has 22 heavy (non-hydrogen) atoms. The molecular weight excluding hydrogens is 334 g/mol. The Bertz CT molecular complexity index is 763. The van der Waals surface area contributed by atoms with Crippen molar-refractivity contribution in [3.63, 3.8) is 0 Å². The van der Waals surface area contributed by atoms with Crippen molar-refractivity contribution < 1.29 is 18.4 Å². The number of carbonyl (C=O) groups is 1. The molecule has 0 bridgehead atoms. The molecular formula is C14H9ClF2N2O2S. The highest BCUT2D eigenvalue weighted by Crippen LogP contribution is 2.27. The Morgan fingerprint density at radius 3 is 2.91 bits per heavy atom. The van der Waals surface area contributed by atoms with Gasteiger partial charge < -0.3 is 10.2 Å². The molecule has 0 aliphatic carbocycles. The van der Waals surface area contributed by atoms with E-state index >= 15 is 0 Å². The number of hydrogen-bond donors (Lipinski definition) is 1. The average Bonchev–Trinajstić information content (AvgIpc) is 3.11. The van der Waals surface area contributed by atoms with Crippen LogP contribution < -0.4 is 5.32 Å². The number of benzene rings is 1. The van der Waals surface area contributed by atoms with Gasteiger partial charge in [0.15, 0.2) is 0 Å². The molecule has 2 aromatic rings. The maximum atomic E-state index is 13.5. The number of halogens is 3. The van der Waals surface area contributed by atoms with Crippen LogP contribution >= 0.6 is 22.9 Å². The summed E-state index contributed by atoms with van der Waals surface area (Å²) in [5.74, 6) is -1.96. The van der Waals surface area contributed by atoms with Gasteiger partial charge in [0.2, 0.25) is 6.10 Å². The van der Waals surface area contributed by atoms with Crippen molar-refractivity contribution in [2.45, 2.75) is 12.5 Å². The van der Waals surface area contributed by atoms with E-state index in [0.717, 1.165) is 23.1 Å². The van der Waals surface area contributed by atoms with Crippen molar-refractivity contribution in [1.82, 2.24) is 0 Å². The van der Waals surface area contributed by atoms with Crippen molar-refractivity contribution >= 4 is 40.2 Å². The van der Waals surface area contributed by atoms with Gasteiger partial charge in [-0.25, -0.2) is 8.78 Å². The number of amides is 1. The van der Waals surface area contributed by atoms with E-state index in [4.69, 9.17) is 16.4 Å². The molecule has 8 heteroatoms. The van der Waals surface area contributed by atoms with Gasteiger partial charge in [-0.2, -0.15) is 0 Å². The minimum Gasteiger partial charge on any atom is -0.382 e. The third kappa shape index (κ3) is 3.10. The van der Waals surface area contributed by atoms with Crippen LogP contribution in [0.15, 0.2) is 35.5 Å². The van der Waals surface area contributed by atoms with E-state index in [1.165, 1.54) is 11.3 Å². The van der Waals surface area contributed by atoms with Gasteiger partial charge in [0.05, 0.1) is 14.9 Å². The second-order valence-electron chi connectivity index (χ2n) is 4.55. The zero-order valence-electron chi connectivity index (χ0n) is 11.0. The third-order valence-electron chi connectivity index (χ3n) is 3.01. The molecule has 0 saturated heterocycles. The number of thiophene rings is 1. The van der Waals surface area contributed by atoms with Gasteiger partial charge >= 0.3 is 0 Å². The summed E-state index contributed by atoms with van der Waals surface area (Å²) in [5.41, 5.74) is 0.359. The molecule has 0 spiro atoms. The maximum Gasteiger partial charge on any atom is 0.268 e. The number of hydrogen-bond acceptors (Lipinski definition) is 4. The lowest BCUT2D eigenvalue weighted by atomic mass is 10.1. The van der Waals surface area contributed by atoms with Crippen LogP contribution in [0.3, 0.4) is 0 Å². The Balaban J connectivity index is 1.66. The Morgan fingerprint density at radius 1 is 1.36 bits per heavy atom. The zero-order valence-corrected chi connectivity index (χ0v) is 12.5. The fourth-order valence-electron chi connectivity index (χ4n) is 1.94. The van der Waals surface area contributed by atoms with Gasteiger partial charge in [-0.15, -0.1) is 11.3 Å². The summed E-state index contributed by atoms with van der Waals surface area (Å²) in [6, 6.07) is 6.32. The highest BCUT2D eigenvalue weighted by Gasteiger charge is 2.30. The molecule has 2 heterocycles. The molecule has 4 nitrogen and oxygen atoms in total. The van der Waals surface area contributed by atoms with Crippen molar-refractivity contribution in [2.75, 3.05) is 5.32 Å². The van der Waals surface area contributed by atoms with Crippen molar-refractivity contribution in [2.24, 2.45) is 5.16 Å². The predicted octanol–water partition coefficient (Wildman–Crippen LogP) is 3.81. The molecule has 1 amide bonds. The minimum atomic E-state index is -0.890. The molecule has 3 rings (SSSR count). The molecule has 1 aromatic carbocycles. The zero-order chi connectivity index (χ0) is 15.7. The standard InChI is InChI=1S/C14H9ClF2N2O2S/c15-13-4-3-12(22-13)10-6-11(21-19-10)14(20)18-9-5-7(16)1-2-8(9)17/h1-5,11H,6H2,(H,18,20). The SMILES string of the molecule is O=C(Nc1cc(F)ccc1F)C1CC(c2ccc(Cl)s2)=NO1. The second-order valence-corrected chi connectivity index (χ2v) is 6.27. The normalized spacial score (nSPS) is 17.0. The maximum absolute atomic E-state index is 13.5. The summed E-state index contributed by atoms with van der Waals surface area (Å²) in [7, 11) is 0. The minimum absolute atomic E-state index is 0.235. The van der Waals surface area contributed by atoms with Crippen LogP contribution in [0.2, 0.25) is 4.34 Å². The summed E-state index contributed by atoms with van der Waals surface area (Å²) in [6.07, 6.45) is -0.655. The highest BCUT2D eigenvalue weighted by atomic mass is 35.5. The van der Waals surface area contributed by atoms with E-state index in [1.54, 1.807) is 12.1 Å². The van der Waals surface area contributed by atoms with E-state index in [9.17, 15) is 13.6 Å². The molecule has 1 atom stereocenters. The number of oxime groups is 1. The van der Waals surface area contributed by atoms with E-state index < -0.39 is 23.6 Å². The molecule has 1 aromatic heterocycles.